The van der Waals surface area contributed by atoms with Crippen molar-refractivity contribution >= 4 is 5.78 Å². The van der Waals surface area contributed by atoms with Crippen molar-refractivity contribution in [2.45, 2.75) is 27.3 Å². The number of aryl methyl sites for hydroxylation is 1. The number of benzene rings is 2. The SMILES string of the molecule is CC(=O)/C=C(/C)O.CNCc1ccnc(-c2[c-]c(-c3ccccc3)cc(C)c2)c1.[Pt]. The Kier molecular flexibility index (Phi) is 11.0. The van der Waals surface area contributed by atoms with Gasteiger partial charge in [-0.3, -0.25) is 9.78 Å². The van der Waals surface area contributed by atoms with Gasteiger partial charge < -0.3 is 10.4 Å². The molecule has 30 heavy (non-hydrogen) atoms. The van der Waals surface area contributed by atoms with Gasteiger partial charge in [0.15, 0.2) is 5.78 Å². The number of pyridine rings is 1. The minimum absolute atomic E-state index is 0. The molecule has 0 atom stereocenters. The average molecular weight is 583 g/mol. The van der Waals surface area contributed by atoms with Gasteiger partial charge in [-0.2, -0.15) is 0 Å². The molecule has 0 fully saturated rings. The second-order valence-electron chi connectivity index (χ2n) is 6.83. The Bertz CT molecular complexity index is 981. The Morgan fingerprint density at radius 1 is 1.10 bits per heavy atom. The van der Waals surface area contributed by atoms with Gasteiger partial charge in [-0.1, -0.05) is 54.4 Å². The van der Waals surface area contributed by atoms with Crippen molar-refractivity contribution in [3.63, 3.8) is 0 Å². The van der Waals surface area contributed by atoms with E-state index in [0.717, 1.165) is 23.4 Å². The standard InChI is InChI=1S/C20H19N2.C5H8O2.Pt/c1-15-10-18(17-6-4-3-5-7-17)13-19(11-15)20-12-16(14-21-2)8-9-22-20;1-4(6)3-5(2)7;/h3-12,21H,14H2,1-2H3;3,6H,1-2H3;/q-1;;/b;4-3-;. The van der Waals surface area contributed by atoms with Crippen molar-refractivity contribution in [1.29, 1.82) is 0 Å². The smallest absolute Gasteiger partial charge is 0.155 e. The zero-order valence-electron chi connectivity index (χ0n) is 17.7. The van der Waals surface area contributed by atoms with Crippen LogP contribution in [0, 0.1) is 13.0 Å². The largest absolute Gasteiger partial charge is 0.512 e. The summed E-state index contributed by atoms with van der Waals surface area (Å²) in [6.45, 7) is 5.80. The van der Waals surface area contributed by atoms with Crippen LogP contribution in [0.2, 0.25) is 0 Å². The Labute approximate surface area is 193 Å². The number of allylic oxidation sites excluding steroid dienone is 2. The van der Waals surface area contributed by atoms with Gasteiger partial charge in [0.05, 0.1) is 5.76 Å². The summed E-state index contributed by atoms with van der Waals surface area (Å²) in [5.41, 5.74) is 6.73. The van der Waals surface area contributed by atoms with E-state index in [0.29, 0.717) is 0 Å². The van der Waals surface area contributed by atoms with Crippen LogP contribution < -0.4 is 5.32 Å². The van der Waals surface area contributed by atoms with Crippen molar-refractivity contribution in [3.8, 4) is 22.4 Å². The number of hydrogen-bond donors (Lipinski definition) is 2. The summed E-state index contributed by atoms with van der Waals surface area (Å²) in [6.07, 6.45) is 3.03. The van der Waals surface area contributed by atoms with Gasteiger partial charge in [-0.05, 0) is 32.5 Å². The van der Waals surface area contributed by atoms with E-state index in [9.17, 15) is 4.79 Å². The van der Waals surface area contributed by atoms with E-state index in [1.165, 1.54) is 36.6 Å². The molecule has 0 unspecified atom stereocenters. The molecule has 0 radical (unpaired) electrons. The Morgan fingerprint density at radius 2 is 1.77 bits per heavy atom. The predicted molar refractivity (Wildman–Crippen MR) is 119 cm³/mol. The second kappa shape index (κ2) is 12.9. The molecular weight excluding hydrogens is 555 g/mol. The molecule has 0 bridgehead atoms. The molecule has 3 aromatic rings. The van der Waals surface area contributed by atoms with Crippen molar-refractivity contribution in [3.05, 3.63) is 89.8 Å². The summed E-state index contributed by atoms with van der Waals surface area (Å²) in [5, 5.41) is 11.5. The molecule has 1 heterocycles. The number of carbonyl (C=O) groups excluding carboxylic acids is 1. The van der Waals surface area contributed by atoms with Gasteiger partial charge in [0.2, 0.25) is 0 Å². The number of nitrogens with zero attached hydrogens (tertiary/aromatic N) is 1. The molecule has 0 aliphatic heterocycles. The summed E-state index contributed by atoms with van der Waals surface area (Å²) < 4.78 is 0. The molecule has 2 N–H and O–H groups in total. The molecule has 0 aliphatic rings. The minimum Gasteiger partial charge on any atom is -0.512 e. The first kappa shape index (κ1) is 25.5. The van der Waals surface area contributed by atoms with E-state index in [-0.39, 0.29) is 32.6 Å². The molecule has 0 aliphatic carbocycles. The molecule has 5 heteroatoms. The second-order valence-corrected chi connectivity index (χ2v) is 6.83. The molecule has 0 spiro atoms. The number of nitrogens with one attached hydrogen (secondary N) is 1. The van der Waals surface area contributed by atoms with Gasteiger partial charge in [0, 0.05) is 45.6 Å². The van der Waals surface area contributed by atoms with E-state index in [1.807, 2.05) is 25.4 Å². The monoisotopic (exact) mass is 582 g/mol. The van der Waals surface area contributed by atoms with E-state index < -0.39 is 0 Å². The first-order valence-electron chi connectivity index (χ1n) is 9.46. The average Bonchev–Trinajstić information content (AvgIpc) is 2.68. The van der Waals surface area contributed by atoms with Crippen LogP contribution in [-0.4, -0.2) is 22.9 Å². The van der Waals surface area contributed by atoms with E-state index in [1.54, 1.807) is 0 Å². The normalized spacial score (nSPS) is 10.5. The molecule has 0 saturated heterocycles. The Hall–Kier alpha value is -2.55. The van der Waals surface area contributed by atoms with Gasteiger partial charge in [0.1, 0.15) is 0 Å². The molecule has 0 amide bonds. The van der Waals surface area contributed by atoms with Gasteiger partial charge >= 0.3 is 0 Å². The van der Waals surface area contributed by atoms with Crippen LogP contribution in [0.1, 0.15) is 25.0 Å². The Balaban J connectivity index is 0.000000489. The minimum atomic E-state index is -0.125. The van der Waals surface area contributed by atoms with Crippen LogP contribution in [-0.2, 0) is 32.4 Å². The fourth-order valence-electron chi connectivity index (χ4n) is 2.86. The van der Waals surface area contributed by atoms with Crippen molar-refractivity contribution in [1.82, 2.24) is 10.3 Å². The van der Waals surface area contributed by atoms with Crippen LogP contribution in [0.25, 0.3) is 22.4 Å². The zero-order chi connectivity index (χ0) is 21.2. The van der Waals surface area contributed by atoms with Gasteiger partial charge in [-0.25, -0.2) is 0 Å². The number of hydrogen-bond acceptors (Lipinski definition) is 4. The molecule has 0 saturated carbocycles. The van der Waals surface area contributed by atoms with E-state index in [4.69, 9.17) is 5.11 Å². The number of carbonyl (C=O) groups is 1. The molecule has 4 nitrogen and oxygen atoms in total. The summed E-state index contributed by atoms with van der Waals surface area (Å²) in [5.74, 6) is -0.0625. The van der Waals surface area contributed by atoms with Crippen LogP contribution in [0.15, 0.2) is 72.6 Å². The summed E-state index contributed by atoms with van der Waals surface area (Å²) in [7, 11) is 1.95. The van der Waals surface area contributed by atoms with Crippen LogP contribution >= 0.6 is 0 Å². The van der Waals surface area contributed by atoms with Gasteiger partial charge in [0.25, 0.3) is 0 Å². The zero-order valence-corrected chi connectivity index (χ0v) is 19.9. The maximum Gasteiger partial charge on any atom is 0.155 e. The molecule has 1 aromatic heterocycles. The molecule has 2 aromatic carbocycles. The fourth-order valence-corrected chi connectivity index (χ4v) is 2.86. The summed E-state index contributed by atoms with van der Waals surface area (Å²) >= 11 is 0. The quantitative estimate of drug-likeness (QED) is 0.244. The number of aliphatic hydroxyl groups excluding tert-OH is 1. The number of aromatic nitrogens is 1. The van der Waals surface area contributed by atoms with E-state index in [2.05, 4.69) is 65.8 Å². The maximum absolute atomic E-state index is 10.0. The topological polar surface area (TPSA) is 62.2 Å². The third kappa shape index (κ3) is 8.44. The predicted octanol–water partition coefficient (Wildman–Crippen LogP) is 5.28. The first-order valence-corrected chi connectivity index (χ1v) is 9.46. The third-order valence-corrected chi connectivity index (χ3v) is 3.99. The molecular formula is C25H27N2O2Pt-. The van der Waals surface area contributed by atoms with Gasteiger partial charge in [-0.15, -0.1) is 29.3 Å². The van der Waals surface area contributed by atoms with E-state index >= 15 is 0 Å². The fraction of sp³-hybridized carbons (Fsp3) is 0.200. The number of aliphatic hydroxyl groups is 1. The first-order chi connectivity index (χ1) is 13.9. The van der Waals surface area contributed by atoms with Crippen LogP contribution in [0.5, 0.6) is 0 Å². The number of rotatable bonds is 5. The number of ketones is 1. The summed E-state index contributed by atoms with van der Waals surface area (Å²) in [4.78, 5) is 14.5. The van der Waals surface area contributed by atoms with Crippen molar-refractivity contribution in [2.75, 3.05) is 7.05 Å². The Morgan fingerprint density at radius 3 is 2.33 bits per heavy atom. The van der Waals surface area contributed by atoms with Crippen LogP contribution in [0.4, 0.5) is 0 Å². The van der Waals surface area contributed by atoms with Crippen molar-refractivity contribution < 1.29 is 31.0 Å². The van der Waals surface area contributed by atoms with Crippen molar-refractivity contribution in [2.24, 2.45) is 0 Å². The third-order valence-electron chi connectivity index (χ3n) is 3.99. The summed E-state index contributed by atoms with van der Waals surface area (Å²) in [6, 6.07) is 22.3. The molecule has 160 valence electrons. The maximum atomic E-state index is 10.0. The van der Waals surface area contributed by atoms with Crippen LogP contribution in [0.3, 0.4) is 0 Å². The molecule has 3 rings (SSSR count).